The van der Waals surface area contributed by atoms with Crippen molar-refractivity contribution in [3.63, 3.8) is 0 Å². The SMILES string of the molecule is O=C(O)CN1C(=O)NC2(CCCCC2)C1=O. The maximum Gasteiger partial charge on any atom is 0.325 e. The van der Waals surface area contributed by atoms with Crippen molar-refractivity contribution in [3.8, 4) is 0 Å². The minimum Gasteiger partial charge on any atom is -0.480 e. The average Bonchev–Trinajstić information content (AvgIpc) is 2.44. The highest BCUT2D eigenvalue weighted by molar-refractivity contribution is 6.08. The number of carboxylic acids is 1. The van der Waals surface area contributed by atoms with Crippen LogP contribution in [-0.2, 0) is 9.59 Å². The molecule has 0 atom stereocenters. The van der Waals surface area contributed by atoms with Crippen LogP contribution in [-0.4, -0.2) is 40.0 Å². The van der Waals surface area contributed by atoms with E-state index < -0.39 is 24.1 Å². The molecular formula is C10H14N2O4. The molecule has 1 heterocycles. The van der Waals surface area contributed by atoms with E-state index in [2.05, 4.69) is 5.32 Å². The predicted octanol–water partition coefficient (Wildman–Crippen LogP) is 0.326. The number of carbonyl (C=O) groups excluding carboxylic acids is 2. The number of hydrogen-bond donors (Lipinski definition) is 2. The molecule has 3 amide bonds. The molecule has 2 fully saturated rings. The van der Waals surface area contributed by atoms with Crippen LogP contribution in [0.25, 0.3) is 0 Å². The zero-order chi connectivity index (χ0) is 11.8. The quantitative estimate of drug-likeness (QED) is 0.664. The van der Waals surface area contributed by atoms with Gasteiger partial charge in [-0.05, 0) is 12.8 Å². The van der Waals surface area contributed by atoms with Gasteiger partial charge in [0.25, 0.3) is 5.91 Å². The smallest absolute Gasteiger partial charge is 0.325 e. The van der Waals surface area contributed by atoms with Gasteiger partial charge in [-0.3, -0.25) is 14.5 Å². The molecule has 1 aliphatic heterocycles. The lowest BCUT2D eigenvalue weighted by atomic mass is 9.82. The van der Waals surface area contributed by atoms with Gasteiger partial charge >= 0.3 is 12.0 Å². The van der Waals surface area contributed by atoms with Crippen molar-refractivity contribution in [1.29, 1.82) is 0 Å². The number of carbonyl (C=O) groups is 3. The van der Waals surface area contributed by atoms with E-state index in [-0.39, 0.29) is 5.91 Å². The highest BCUT2D eigenvalue weighted by atomic mass is 16.4. The number of amides is 3. The summed E-state index contributed by atoms with van der Waals surface area (Å²) in [7, 11) is 0. The van der Waals surface area contributed by atoms with Gasteiger partial charge in [-0.2, -0.15) is 0 Å². The third kappa shape index (κ3) is 1.64. The van der Waals surface area contributed by atoms with Crippen LogP contribution in [0.1, 0.15) is 32.1 Å². The second-order valence-electron chi connectivity index (χ2n) is 4.36. The average molecular weight is 226 g/mol. The van der Waals surface area contributed by atoms with Gasteiger partial charge in [-0.15, -0.1) is 0 Å². The maximum absolute atomic E-state index is 12.0. The lowest BCUT2D eigenvalue weighted by Crippen LogP contribution is -2.48. The van der Waals surface area contributed by atoms with E-state index in [0.717, 1.165) is 24.2 Å². The van der Waals surface area contributed by atoms with E-state index in [9.17, 15) is 14.4 Å². The van der Waals surface area contributed by atoms with Crippen LogP contribution in [0.5, 0.6) is 0 Å². The Balaban J connectivity index is 2.17. The summed E-state index contributed by atoms with van der Waals surface area (Å²) in [4.78, 5) is 34.9. The number of urea groups is 1. The van der Waals surface area contributed by atoms with Crippen LogP contribution >= 0.6 is 0 Å². The van der Waals surface area contributed by atoms with Gasteiger partial charge in [0.05, 0.1) is 0 Å². The molecule has 0 aromatic heterocycles. The van der Waals surface area contributed by atoms with Crippen molar-refractivity contribution in [2.24, 2.45) is 0 Å². The van der Waals surface area contributed by atoms with Gasteiger partial charge in [-0.25, -0.2) is 4.79 Å². The molecule has 1 spiro atoms. The monoisotopic (exact) mass is 226 g/mol. The molecule has 0 unspecified atom stereocenters. The van der Waals surface area contributed by atoms with Crippen LogP contribution in [0.15, 0.2) is 0 Å². The fraction of sp³-hybridized carbons (Fsp3) is 0.700. The van der Waals surface area contributed by atoms with Crippen molar-refractivity contribution in [2.75, 3.05) is 6.54 Å². The Morgan fingerprint density at radius 2 is 1.94 bits per heavy atom. The summed E-state index contributed by atoms with van der Waals surface area (Å²) in [6.07, 6.45) is 4.09. The summed E-state index contributed by atoms with van der Waals surface area (Å²) >= 11 is 0. The Morgan fingerprint density at radius 1 is 1.31 bits per heavy atom. The Hall–Kier alpha value is -1.59. The van der Waals surface area contributed by atoms with Gasteiger partial charge in [0.2, 0.25) is 0 Å². The molecule has 0 aromatic carbocycles. The zero-order valence-electron chi connectivity index (χ0n) is 8.86. The highest BCUT2D eigenvalue weighted by Crippen LogP contribution is 2.33. The second-order valence-corrected chi connectivity index (χ2v) is 4.36. The molecule has 1 saturated carbocycles. The Bertz CT molecular complexity index is 347. The summed E-state index contributed by atoms with van der Waals surface area (Å²) < 4.78 is 0. The first kappa shape index (κ1) is 10.9. The number of imide groups is 1. The van der Waals surface area contributed by atoms with E-state index in [1.54, 1.807) is 0 Å². The Morgan fingerprint density at radius 3 is 2.50 bits per heavy atom. The molecular weight excluding hydrogens is 212 g/mol. The molecule has 0 bridgehead atoms. The zero-order valence-corrected chi connectivity index (χ0v) is 8.86. The predicted molar refractivity (Wildman–Crippen MR) is 53.7 cm³/mol. The number of rotatable bonds is 2. The molecule has 2 aliphatic rings. The second kappa shape index (κ2) is 3.77. The van der Waals surface area contributed by atoms with Crippen molar-refractivity contribution in [1.82, 2.24) is 10.2 Å². The van der Waals surface area contributed by atoms with E-state index in [1.807, 2.05) is 0 Å². The largest absolute Gasteiger partial charge is 0.480 e. The summed E-state index contributed by atoms with van der Waals surface area (Å²) in [5, 5.41) is 11.3. The van der Waals surface area contributed by atoms with Crippen LogP contribution < -0.4 is 5.32 Å². The van der Waals surface area contributed by atoms with Crippen molar-refractivity contribution in [3.05, 3.63) is 0 Å². The molecule has 0 aromatic rings. The molecule has 1 saturated heterocycles. The Labute approximate surface area is 92.6 Å². The van der Waals surface area contributed by atoms with Crippen LogP contribution in [0, 0.1) is 0 Å². The van der Waals surface area contributed by atoms with Crippen LogP contribution in [0.3, 0.4) is 0 Å². The van der Waals surface area contributed by atoms with E-state index >= 15 is 0 Å². The molecule has 6 heteroatoms. The summed E-state index contributed by atoms with van der Waals surface area (Å²) in [5.41, 5.74) is -0.815. The van der Waals surface area contributed by atoms with Crippen molar-refractivity contribution in [2.45, 2.75) is 37.6 Å². The fourth-order valence-electron chi connectivity index (χ4n) is 2.45. The molecule has 2 N–H and O–H groups in total. The maximum atomic E-state index is 12.0. The molecule has 2 rings (SSSR count). The lowest BCUT2D eigenvalue weighted by molar-refractivity contribution is -0.143. The molecule has 1 aliphatic carbocycles. The fourth-order valence-corrected chi connectivity index (χ4v) is 2.45. The van der Waals surface area contributed by atoms with E-state index in [1.165, 1.54) is 0 Å². The summed E-state index contributed by atoms with van der Waals surface area (Å²) in [6.45, 7) is -0.549. The van der Waals surface area contributed by atoms with Gasteiger partial charge < -0.3 is 10.4 Å². The molecule has 16 heavy (non-hydrogen) atoms. The lowest BCUT2D eigenvalue weighted by Gasteiger charge is -2.30. The third-order valence-corrected chi connectivity index (χ3v) is 3.25. The van der Waals surface area contributed by atoms with Crippen LogP contribution in [0.2, 0.25) is 0 Å². The first-order valence-electron chi connectivity index (χ1n) is 5.41. The molecule has 6 nitrogen and oxygen atoms in total. The van der Waals surface area contributed by atoms with Gasteiger partial charge in [0, 0.05) is 0 Å². The third-order valence-electron chi connectivity index (χ3n) is 3.25. The summed E-state index contributed by atoms with van der Waals surface area (Å²) in [6, 6.07) is -0.575. The van der Waals surface area contributed by atoms with Crippen molar-refractivity contribution < 1.29 is 19.5 Å². The number of aliphatic carboxylic acids is 1. The van der Waals surface area contributed by atoms with E-state index in [0.29, 0.717) is 12.8 Å². The number of nitrogens with one attached hydrogen (secondary N) is 1. The minimum absolute atomic E-state index is 0.375. The highest BCUT2D eigenvalue weighted by Gasteiger charge is 2.51. The first-order valence-corrected chi connectivity index (χ1v) is 5.41. The van der Waals surface area contributed by atoms with E-state index in [4.69, 9.17) is 5.11 Å². The molecule has 88 valence electrons. The van der Waals surface area contributed by atoms with Gasteiger partial charge in [0.1, 0.15) is 12.1 Å². The van der Waals surface area contributed by atoms with Gasteiger partial charge in [0.15, 0.2) is 0 Å². The normalized spacial score (nSPS) is 23.6. The topological polar surface area (TPSA) is 86.7 Å². The number of nitrogens with zero attached hydrogens (tertiary/aromatic N) is 1. The number of hydrogen-bond acceptors (Lipinski definition) is 3. The first-order chi connectivity index (χ1) is 7.55. The minimum atomic E-state index is -1.17. The summed E-state index contributed by atoms with van der Waals surface area (Å²) in [5.74, 6) is -1.55. The van der Waals surface area contributed by atoms with Crippen LogP contribution in [0.4, 0.5) is 4.79 Å². The standard InChI is InChI=1S/C10H14N2O4/c13-7(14)6-12-8(15)10(11-9(12)16)4-2-1-3-5-10/h1-6H2,(H,11,16)(H,13,14). The van der Waals surface area contributed by atoms with Crippen molar-refractivity contribution >= 4 is 17.9 Å². The van der Waals surface area contributed by atoms with Gasteiger partial charge in [-0.1, -0.05) is 19.3 Å². The molecule has 0 radical (unpaired) electrons. The number of carboxylic acid groups (broad SMARTS) is 1. The Kier molecular flexibility index (Phi) is 2.57.